The Hall–Kier alpha value is -3.21. The molecular weight excluding hydrogens is 397 g/mol. The predicted molar refractivity (Wildman–Crippen MR) is 105 cm³/mol. The minimum atomic E-state index is -2.47. The maximum Gasteiger partial charge on any atom is 0.329 e. The molecule has 2 aliphatic heterocycles. The number of carbonyl (C=O) groups excluding carboxylic acids is 2. The molecule has 11 heteroatoms. The number of aliphatic carboxylic acids is 1. The largest absolute Gasteiger partial charge is 0.481 e. The van der Waals surface area contributed by atoms with E-state index in [4.69, 9.17) is 10.6 Å². The monoisotopic (exact) mass is 423 g/mol. The third kappa shape index (κ3) is 3.56. The summed E-state index contributed by atoms with van der Waals surface area (Å²) in [6, 6.07) is 1.60. The second-order valence-corrected chi connectivity index (χ2v) is 7.12. The van der Waals surface area contributed by atoms with Gasteiger partial charge in [0.05, 0.1) is 23.2 Å². The molecule has 4 unspecified atom stereocenters. The van der Waals surface area contributed by atoms with Gasteiger partial charge in [0, 0.05) is 43.9 Å². The Morgan fingerprint density at radius 3 is 2.70 bits per heavy atom. The maximum absolute atomic E-state index is 15.3. The summed E-state index contributed by atoms with van der Waals surface area (Å²) in [6.07, 6.45) is -4.63. The molecule has 3 N–H and O–H groups in total. The lowest BCUT2D eigenvalue weighted by molar-refractivity contribution is -0.143. The molecule has 0 aliphatic carbocycles. The van der Waals surface area contributed by atoms with Crippen molar-refractivity contribution in [1.29, 1.82) is 0 Å². The zero-order valence-corrected chi connectivity index (χ0v) is 15.9. The van der Waals surface area contributed by atoms with E-state index in [0.29, 0.717) is 5.52 Å². The Labute approximate surface area is 176 Å². The van der Waals surface area contributed by atoms with Gasteiger partial charge in [0.25, 0.3) is 0 Å². The smallest absolute Gasteiger partial charge is 0.329 e. The summed E-state index contributed by atoms with van der Waals surface area (Å²) < 4.78 is 49.8. The molecule has 4 atom stereocenters. The molecule has 1 aromatic carbocycles. The van der Waals surface area contributed by atoms with Crippen molar-refractivity contribution in [2.45, 2.75) is 31.2 Å². The van der Waals surface area contributed by atoms with Gasteiger partial charge in [-0.05, 0) is 24.9 Å². The number of urea groups is 1. The van der Waals surface area contributed by atoms with E-state index in [2.05, 4.69) is 10.4 Å². The number of fused-ring (bicyclic) bond motifs is 1. The number of hydrogen-bond donors (Lipinski definition) is 3. The molecule has 1 aromatic heterocycles. The van der Waals surface area contributed by atoms with Gasteiger partial charge in [-0.1, -0.05) is 0 Å². The highest BCUT2D eigenvalue weighted by Crippen LogP contribution is 2.35. The van der Waals surface area contributed by atoms with Gasteiger partial charge < -0.3 is 15.1 Å². The molecule has 3 amide bonds. The van der Waals surface area contributed by atoms with Crippen LogP contribution in [0.1, 0.15) is 31.1 Å². The van der Waals surface area contributed by atoms with Gasteiger partial charge in [-0.2, -0.15) is 5.10 Å². The topological polar surface area (TPSA) is 128 Å². The van der Waals surface area contributed by atoms with Gasteiger partial charge in [-0.25, -0.2) is 9.18 Å². The van der Waals surface area contributed by atoms with Crippen LogP contribution in [0.5, 0.6) is 0 Å². The van der Waals surface area contributed by atoms with Crippen molar-refractivity contribution in [2.75, 3.05) is 29.4 Å². The second-order valence-electron chi connectivity index (χ2n) is 7.12. The number of amides is 3. The molecule has 30 heavy (non-hydrogen) atoms. The van der Waals surface area contributed by atoms with E-state index in [1.165, 1.54) is 22.7 Å². The lowest BCUT2D eigenvalue weighted by atomic mass is 9.88. The average Bonchev–Trinajstić information content (AvgIpc) is 3.06. The van der Waals surface area contributed by atoms with E-state index in [1.54, 1.807) is 0 Å². The van der Waals surface area contributed by atoms with E-state index >= 15 is 4.39 Å². The van der Waals surface area contributed by atoms with Crippen molar-refractivity contribution in [3.63, 3.8) is 0 Å². The SMILES string of the molecule is [2H]C1C([2H])C(O)(CC(=O)O)C([2H])C([2H])N1c1cc2c(cc1F)c(N1CCC(=O)NC1=O)nn2C. The van der Waals surface area contributed by atoms with Crippen LogP contribution in [-0.4, -0.2) is 63.1 Å². The molecule has 2 saturated heterocycles. The minimum absolute atomic E-state index is 0.0359. The van der Waals surface area contributed by atoms with Gasteiger partial charge >= 0.3 is 12.0 Å². The van der Waals surface area contributed by atoms with Crippen molar-refractivity contribution in [1.82, 2.24) is 15.1 Å². The lowest BCUT2D eigenvalue weighted by Crippen LogP contribution is -2.49. The number of carbonyl (C=O) groups is 3. The Bertz CT molecular complexity index is 1180. The lowest BCUT2D eigenvalue weighted by Gasteiger charge is -2.38. The van der Waals surface area contributed by atoms with Crippen LogP contribution in [0, 0.1) is 5.82 Å². The number of anilines is 2. The van der Waals surface area contributed by atoms with Crippen LogP contribution < -0.4 is 15.1 Å². The predicted octanol–water partition coefficient (Wildman–Crippen LogP) is 0.965. The molecule has 4 rings (SSSR count). The first-order chi connectivity index (χ1) is 15.9. The van der Waals surface area contributed by atoms with Crippen LogP contribution in [0.25, 0.3) is 10.9 Å². The van der Waals surface area contributed by atoms with Crippen LogP contribution in [0.4, 0.5) is 20.7 Å². The van der Waals surface area contributed by atoms with Crippen molar-refractivity contribution >= 4 is 40.3 Å². The van der Waals surface area contributed by atoms with E-state index in [9.17, 15) is 19.5 Å². The number of imide groups is 1. The Morgan fingerprint density at radius 1 is 1.37 bits per heavy atom. The first kappa shape index (κ1) is 15.6. The summed E-state index contributed by atoms with van der Waals surface area (Å²) in [6.45, 7) is -3.45. The van der Waals surface area contributed by atoms with Crippen molar-refractivity contribution in [3.05, 3.63) is 17.9 Å². The number of nitrogens with one attached hydrogen (secondary N) is 1. The molecule has 3 heterocycles. The van der Waals surface area contributed by atoms with E-state index in [0.717, 1.165) is 11.0 Å². The zero-order chi connectivity index (χ0) is 25.1. The van der Waals surface area contributed by atoms with E-state index in [-0.39, 0.29) is 29.9 Å². The van der Waals surface area contributed by atoms with Crippen LogP contribution >= 0.6 is 0 Å². The molecule has 160 valence electrons. The highest BCUT2D eigenvalue weighted by Gasteiger charge is 2.35. The van der Waals surface area contributed by atoms with E-state index in [1.807, 2.05) is 0 Å². The third-order valence-corrected chi connectivity index (χ3v) is 4.97. The molecule has 0 spiro atoms. The first-order valence-corrected chi connectivity index (χ1v) is 9.06. The number of aryl methyl sites for hydroxylation is 1. The number of rotatable bonds is 4. The van der Waals surface area contributed by atoms with Crippen molar-refractivity contribution in [3.8, 4) is 0 Å². The Morgan fingerprint density at radius 2 is 2.07 bits per heavy atom. The fourth-order valence-electron chi connectivity index (χ4n) is 3.46. The molecule has 2 aliphatic rings. The second kappa shape index (κ2) is 7.24. The fraction of sp³-hybridized carbons (Fsp3) is 0.474. The highest BCUT2D eigenvalue weighted by molar-refractivity contribution is 6.09. The Kier molecular flexibility index (Phi) is 3.77. The van der Waals surface area contributed by atoms with Gasteiger partial charge in [0.1, 0.15) is 5.82 Å². The van der Waals surface area contributed by atoms with Crippen LogP contribution in [0.15, 0.2) is 12.1 Å². The molecule has 10 nitrogen and oxygen atoms in total. The summed E-state index contributed by atoms with van der Waals surface area (Å²) >= 11 is 0. The van der Waals surface area contributed by atoms with Crippen LogP contribution in [0.3, 0.4) is 0 Å². The summed E-state index contributed by atoms with van der Waals surface area (Å²) in [5.74, 6) is -2.75. The highest BCUT2D eigenvalue weighted by atomic mass is 19.1. The van der Waals surface area contributed by atoms with Gasteiger partial charge in [0.15, 0.2) is 5.82 Å². The van der Waals surface area contributed by atoms with Crippen molar-refractivity contribution < 1.29 is 34.5 Å². The number of benzene rings is 1. The summed E-state index contributed by atoms with van der Waals surface area (Å²) in [7, 11) is 1.53. The number of nitrogens with zero attached hydrogens (tertiary/aromatic N) is 4. The molecule has 0 bridgehead atoms. The minimum Gasteiger partial charge on any atom is -0.481 e. The van der Waals surface area contributed by atoms with Gasteiger partial charge in [-0.3, -0.25) is 24.5 Å². The zero-order valence-electron chi connectivity index (χ0n) is 19.9. The number of carboxylic acids is 1. The maximum atomic E-state index is 15.3. The van der Waals surface area contributed by atoms with Crippen LogP contribution in [-0.2, 0) is 16.6 Å². The normalized spacial score (nSPS) is 34.2. The molecular formula is C19H22FN5O5. The Balaban J connectivity index is 1.76. The molecule has 0 saturated carbocycles. The average molecular weight is 423 g/mol. The summed E-state index contributed by atoms with van der Waals surface area (Å²) in [5.41, 5.74) is -2.46. The molecule has 2 aromatic rings. The number of carboxylic acid groups (broad SMARTS) is 1. The number of aromatic nitrogens is 2. The standard InChI is InChI=1S/C19H22FN5O5/c1-23-13-9-14(24-6-3-19(30,4-7-24)10-16(27)28)12(20)8-11(13)17(22-23)25-5-2-15(26)21-18(25)29/h8-9,30H,2-7,10H2,1H3,(H,27,28)(H,21,26,29)/i3D,4D,6D,7D. The summed E-state index contributed by atoms with van der Waals surface area (Å²) in [5, 5.41) is 26.4. The van der Waals surface area contributed by atoms with Crippen molar-refractivity contribution in [2.24, 2.45) is 7.05 Å². The fourth-order valence-corrected chi connectivity index (χ4v) is 3.46. The third-order valence-electron chi connectivity index (χ3n) is 4.97. The summed E-state index contributed by atoms with van der Waals surface area (Å²) in [4.78, 5) is 36.9. The number of hydrogen-bond acceptors (Lipinski definition) is 6. The van der Waals surface area contributed by atoms with Gasteiger partial charge in [-0.15, -0.1) is 0 Å². The quantitative estimate of drug-likeness (QED) is 0.668. The number of aliphatic hydroxyl groups is 1. The first-order valence-electron chi connectivity index (χ1n) is 11.4. The van der Waals surface area contributed by atoms with E-state index < -0.39 is 61.6 Å². The van der Waals surface area contributed by atoms with Gasteiger partial charge in [0.2, 0.25) is 5.91 Å². The molecule has 0 radical (unpaired) electrons. The van der Waals surface area contributed by atoms with Crippen LogP contribution in [0.2, 0.25) is 0 Å². The molecule has 2 fully saturated rings. The number of halogens is 1. The number of piperidine rings is 1.